The van der Waals surface area contributed by atoms with E-state index in [9.17, 15) is 19.4 Å². The van der Waals surface area contributed by atoms with E-state index < -0.39 is 0 Å². The van der Waals surface area contributed by atoms with Gasteiger partial charge in [0.25, 0.3) is 5.91 Å². The van der Waals surface area contributed by atoms with Crippen molar-refractivity contribution < 1.29 is 19.4 Å². The lowest BCUT2D eigenvalue weighted by atomic mass is 10.1. The summed E-state index contributed by atoms with van der Waals surface area (Å²) in [6, 6.07) is 16.6. The van der Waals surface area contributed by atoms with Crippen LogP contribution < -0.4 is 5.32 Å². The standard InChI is InChI=1S/C26H23FN4O3/c1-15-7-8-18(27)9-20(15)21-12-24(30(2)29-21)28-22-10-19(32)11-23(33)25(22)26(34)31-13-16-5-3-4-6-17(16)14-31/h3-12,28,32-33H,13-14H2,1-2H3. The Morgan fingerprint density at radius 3 is 2.44 bits per heavy atom. The fourth-order valence-corrected chi connectivity index (χ4v) is 4.29. The van der Waals surface area contributed by atoms with Gasteiger partial charge in [0.2, 0.25) is 0 Å². The lowest BCUT2D eigenvalue weighted by Gasteiger charge is -2.19. The average Bonchev–Trinajstić information content (AvgIpc) is 3.38. The predicted molar refractivity (Wildman–Crippen MR) is 126 cm³/mol. The van der Waals surface area contributed by atoms with Crippen molar-refractivity contribution in [2.45, 2.75) is 20.0 Å². The number of nitrogens with one attached hydrogen (secondary N) is 1. The zero-order valence-corrected chi connectivity index (χ0v) is 18.7. The Kier molecular flexibility index (Phi) is 5.20. The highest BCUT2D eigenvalue weighted by Gasteiger charge is 2.28. The first-order valence-corrected chi connectivity index (χ1v) is 10.8. The summed E-state index contributed by atoms with van der Waals surface area (Å²) < 4.78 is 15.4. The summed E-state index contributed by atoms with van der Waals surface area (Å²) in [6.07, 6.45) is 0. The molecule has 2 heterocycles. The topological polar surface area (TPSA) is 90.6 Å². The van der Waals surface area contributed by atoms with Crippen LogP contribution in [0.2, 0.25) is 0 Å². The number of phenols is 2. The molecule has 172 valence electrons. The number of hydrogen-bond acceptors (Lipinski definition) is 5. The molecule has 4 aromatic rings. The van der Waals surface area contributed by atoms with Crippen molar-refractivity contribution in [3.8, 4) is 22.8 Å². The molecule has 1 aliphatic rings. The highest BCUT2D eigenvalue weighted by atomic mass is 19.1. The Morgan fingerprint density at radius 2 is 1.74 bits per heavy atom. The summed E-state index contributed by atoms with van der Waals surface area (Å²) in [5.74, 6) is -0.739. The van der Waals surface area contributed by atoms with Gasteiger partial charge in [0.05, 0.1) is 11.4 Å². The Morgan fingerprint density at radius 1 is 1.03 bits per heavy atom. The second kappa shape index (κ2) is 8.22. The predicted octanol–water partition coefficient (Wildman–Crippen LogP) is 4.85. The van der Waals surface area contributed by atoms with Gasteiger partial charge in [0.1, 0.15) is 28.7 Å². The molecule has 1 amide bonds. The largest absolute Gasteiger partial charge is 0.508 e. The molecule has 1 aromatic heterocycles. The molecule has 0 radical (unpaired) electrons. The molecular weight excluding hydrogens is 435 g/mol. The SMILES string of the molecule is Cc1ccc(F)cc1-c1cc(Nc2cc(O)cc(O)c2C(=O)N2Cc3ccccc3C2)n(C)n1. The van der Waals surface area contributed by atoms with Crippen LogP contribution in [-0.2, 0) is 20.1 Å². The molecule has 1 aliphatic heterocycles. The Bertz CT molecular complexity index is 1400. The minimum absolute atomic E-state index is 0.0512. The first kappa shape index (κ1) is 21.5. The number of anilines is 2. The smallest absolute Gasteiger partial charge is 0.260 e. The number of carbonyl (C=O) groups excluding carboxylic acids is 1. The van der Waals surface area contributed by atoms with Gasteiger partial charge in [-0.3, -0.25) is 9.48 Å². The average molecular weight is 458 g/mol. The van der Waals surface area contributed by atoms with E-state index in [1.165, 1.54) is 18.2 Å². The van der Waals surface area contributed by atoms with Crippen molar-refractivity contribution in [1.29, 1.82) is 0 Å². The molecule has 5 rings (SSSR count). The van der Waals surface area contributed by atoms with E-state index in [1.807, 2.05) is 31.2 Å². The number of carbonyl (C=O) groups is 1. The van der Waals surface area contributed by atoms with Crippen LogP contribution in [0.1, 0.15) is 27.0 Å². The van der Waals surface area contributed by atoms with Crippen LogP contribution in [0.15, 0.2) is 60.7 Å². The van der Waals surface area contributed by atoms with E-state index in [-0.39, 0.29) is 34.5 Å². The van der Waals surface area contributed by atoms with E-state index in [0.717, 1.165) is 22.8 Å². The third-order valence-electron chi connectivity index (χ3n) is 6.06. The van der Waals surface area contributed by atoms with E-state index in [0.29, 0.717) is 30.2 Å². The number of aryl methyl sites for hydroxylation is 2. The number of nitrogens with zero attached hydrogens (tertiary/aromatic N) is 3. The molecule has 0 atom stereocenters. The summed E-state index contributed by atoms with van der Waals surface area (Å²) in [6.45, 7) is 2.74. The summed E-state index contributed by atoms with van der Waals surface area (Å²) in [5, 5.41) is 28.3. The zero-order chi connectivity index (χ0) is 24.0. The molecule has 0 bridgehead atoms. The number of halogens is 1. The van der Waals surface area contributed by atoms with Gasteiger partial charge >= 0.3 is 0 Å². The number of amides is 1. The molecule has 0 spiro atoms. The summed E-state index contributed by atoms with van der Waals surface area (Å²) in [5.41, 5.74) is 4.48. The fourth-order valence-electron chi connectivity index (χ4n) is 4.29. The van der Waals surface area contributed by atoms with Crippen molar-refractivity contribution in [3.63, 3.8) is 0 Å². The highest BCUT2D eigenvalue weighted by molar-refractivity contribution is 6.03. The van der Waals surface area contributed by atoms with Gasteiger partial charge in [0.15, 0.2) is 0 Å². The Labute approximate surface area is 195 Å². The van der Waals surface area contributed by atoms with Gasteiger partial charge in [-0.1, -0.05) is 30.3 Å². The van der Waals surface area contributed by atoms with E-state index in [1.54, 1.807) is 28.8 Å². The molecular formula is C26H23FN4O3. The van der Waals surface area contributed by atoms with E-state index >= 15 is 0 Å². The van der Waals surface area contributed by atoms with Crippen LogP contribution in [0.3, 0.4) is 0 Å². The van der Waals surface area contributed by atoms with Gasteiger partial charge in [0, 0.05) is 43.9 Å². The summed E-state index contributed by atoms with van der Waals surface area (Å²) >= 11 is 0. The zero-order valence-electron chi connectivity index (χ0n) is 18.7. The first-order valence-electron chi connectivity index (χ1n) is 10.8. The van der Waals surface area contributed by atoms with Crippen LogP contribution in [0.4, 0.5) is 15.9 Å². The number of aromatic nitrogens is 2. The second-order valence-corrected chi connectivity index (χ2v) is 8.44. The van der Waals surface area contributed by atoms with Gasteiger partial charge < -0.3 is 20.4 Å². The maximum atomic E-state index is 13.8. The molecule has 0 saturated heterocycles. The number of rotatable bonds is 4. The molecule has 0 aliphatic carbocycles. The van der Waals surface area contributed by atoms with Crippen LogP contribution >= 0.6 is 0 Å². The third-order valence-corrected chi connectivity index (χ3v) is 6.06. The first-order chi connectivity index (χ1) is 16.3. The van der Waals surface area contributed by atoms with Gasteiger partial charge in [-0.05, 0) is 35.7 Å². The maximum Gasteiger partial charge on any atom is 0.260 e. The van der Waals surface area contributed by atoms with Crippen LogP contribution in [-0.4, -0.2) is 30.8 Å². The number of aromatic hydroxyl groups is 2. The molecule has 3 N–H and O–H groups in total. The third kappa shape index (κ3) is 3.83. The quantitative estimate of drug-likeness (QED) is 0.407. The molecule has 0 fully saturated rings. The van der Waals surface area contributed by atoms with Crippen LogP contribution in [0, 0.1) is 12.7 Å². The number of fused-ring (bicyclic) bond motifs is 1. The van der Waals surface area contributed by atoms with Crippen molar-refractivity contribution >= 4 is 17.4 Å². The molecule has 34 heavy (non-hydrogen) atoms. The summed E-state index contributed by atoms with van der Waals surface area (Å²) in [4.78, 5) is 15.1. The fraction of sp³-hybridized carbons (Fsp3) is 0.154. The minimum atomic E-state index is -0.363. The van der Waals surface area contributed by atoms with Crippen LogP contribution in [0.25, 0.3) is 11.3 Å². The molecule has 0 unspecified atom stereocenters. The normalized spacial score (nSPS) is 12.6. The van der Waals surface area contributed by atoms with Crippen molar-refractivity contribution in [1.82, 2.24) is 14.7 Å². The Hall–Kier alpha value is -4.33. The molecule has 3 aromatic carbocycles. The number of benzene rings is 3. The molecule has 0 saturated carbocycles. The minimum Gasteiger partial charge on any atom is -0.508 e. The lowest BCUT2D eigenvalue weighted by Crippen LogP contribution is -2.26. The second-order valence-electron chi connectivity index (χ2n) is 8.44. The maximum absolute atomic E-state index is 13.8. The number of phenolic OH excluding ortho intramolecular Hbond substituents is 2. The molecule has 7 nitrogen and oxygen atoms in total. The van der Waals surface area contributed by atoms with Gasteiger partial charge in [-0.25, -0.2) is 4.39 Å². The summed E-state index contributed by atoms with van der Waals surface area (Å²) in [7, 11) is 1.71. The van der Waals surface area contributed by atoms with Crippen molar-refractivity contribution in [2.24, 2.45) is 7.05 Å². The van der Waals surface area contributed by atoms with Gasteiger partial charge in [-0.2, -0.15) is 5.10 Å². The van der Waals surface area contributed by atoms with E-state index in [2.05, 4.69) is 10.4 Å². The van der Waals surface area contributed by atoms with E-state index in [4.69, 9.17) is 0 Å². The van der Waals surface area contributed by atoms with Crippen molar-refractivity contribution in [2.75, 3.05) is 5.32 Å². The highest BCUT2D eigenvalue weighted by Crippen LogP contribution is 2.36. The van der Waals surface area contributed by atoms with Crippen molar-refractivity contribution in [3.05, 3.63) is 88.7 Å². The molecule has 8 heteroatoms. The number of hydrogen-bond donors (Lipinski definition) is 3. The van der Waals surface area contributed by atoms with Crippen LogP contribution in [0.5, 0.6) is 11.5 Å². The lowest BCUT2D eigenvalue weighted by molar-refractivity contribution is 0.0749. The Balaban J connectivity index is 1.49. The van der Waals surface area contributed by atoms with Gasteiger partial charge in [-0.15, -0.1) is 0 Å². The monoisotopic (exact) mass is 458 g/mol.